The van der Waals surface area contributed by atoms with Crippen LogP contribution in [0.15, 0.2) is 101 Å². The van der Waals surface area contributed by atoms with Gasteiger partial charge in [-0.3, -0.25) is 29.3 Å². The number of fused-ring (bicyclic) bond motifs is 3. The summed E-state index contributed by atoms with van der Waals surface area (Å²) in [6.45, 7) is -0.322. The topological polar surface area (TPSA) is 152 Å². The van der Waals surface area contributed by atoms with Gasteiger partial charge in [0.25, 0.3) is 11.6 Å². The zero-order valence-corrected chi connectivity index (χ0v) is 24.8. The molecule has 0 bridgehead atoms. The summed E-state index contributed by atoms with van der Waals surface area (Å²) in [6, 6.07) is 25.5. The minimum atomic E-state index is -0.896. The molecule has 3 atom stereocenters. The van der Waals surface area contributed by atoms with Crippen molar-refractivity contribution in [2.75, 3.05) is 16.8 Å². The van der Waals surface area contributed by atoms with Gasteiger partial charge in [-0.2, -0.15) is 0 Å². The first-order valence-corrected chi connectivity index (χ1v) is 15.5. The molecule has 0 radical (unpaired) electrons. The van der Waals surface area contributed by atoms with Gasteiger partial charge in [0, 0.05) is 34.2 Å². The lowest BCUT2D eigenvalue weighted by Gasteiger charge is -2.30. The average molecular weight is 639 g/mol. The minimum Gasteiger partial charge on any atom is -0.483 e. The number of nitro groups is 1. The highest BCUT2D eigenvalue weighted by Gasteiger charge is 2.56. The molecular weight excluding hydrogens is 617 g/mol. The molecule has 5 aromatic rings. The zero-order valence-electron chi connectivity index (χ0n) is 23.2. The van der Waals surface area contributed by atoms with Gasteiger partial charge in [-0.1, -0.05) is 71.6 Å². The number of H-pyrrole nitrogens is 1. The summed E-state index contributed by atoms with van der Waals surface area (Å²) < 4.78 is 6.02. The first-order valence-electron chi connectivity index (χ1n) is 13.8. The van der Waals surface area contributed by atoms with Crippen LogP contribution in [-0.4, -0.2) is 39.5 Å². The van der Waals surface area contributed by atoms with Crippen LogP contribution in [0, 0.1) is 16.0 Å². The number of amides is 3. The summed E-state index contributed by atoms with van der Waals surface area (Å²) in [4.78, 5) is 67.8. The second-order valence-corrected chi connectivity index (χ2v) is 12.6. The molecule has 3 unspecified atom stereocenters. The van der Waals surface area contributed by atoms with Gasteiger partial charge in [0.1, 0.15) is 11.0 Å². The number of rotatable bonds is 7. The molecule has 0 spiro atoms. The van der Waals surface area contributed by atoms with Gasteiger partial charge >= 0.3 is 4.87 Å². The maximum atomic E-state index is 14.0. The van der Waals surface area contributed by atoms with Crippen LogP contribution in [0.5, 0.6) is 5.75 Å². The minimum absolute atomic E-state index is 0.169. The molecule has 1 saturated heterocycles. The second kappa shape index (κ2) is 11.3. The third-order valence-electron chi connectivity index (χ3n) is 7.79. The number of thiazole rings is 1. The first-order chi connectivity index (χ1) is 21.8. The van der Waals surface area contributed by atoms with Crippen molar-refractivity contribution in [1.82, 2.24) is 4.98 Å². The molecule has 1 fully saturated rings. The maximum Gasteiger partial charge on any atom is 0.305 e. The third-order valence-corrected chi connectivity index (χ3v) is 10.2. The van der Waals surface area contributed by atoms with Gasteiger partial charge in [0.05, 0.1) is 21.6 Å². The molecule has 2 aliphatic rings. The van der Waals surface area contributed by atoms with E-state index in [1.807, 2.05) is 42.5 Å². The SMILES string of the molecule is O=C(COc1ccccc1C1c2sc(=O)[nH]c2SC2C(=O)N(c3ccc([N+](=O)[O-])cc3)C(=O)C21)Nc1ccc2ccccc2c1. The lowest BCUT2D eigenvalue weighted by Crippen LogP contribution is -2.32. The van der Waals surface area contributed by atoms with Crippen LogP contribution in [0.2, 0.25) is 0 Å². The number of aromatic amines is 1. The Hall–Kier alpha value is -5.27. The molecule has 2 N–H and O–H groups in total. The standard InChI is InChI=1S/C32H22N4O7S2/c37-24(33-19-10-9-17-5-1-2-6-18(17)15-19)16-43-23-8-4-3-7-22(23)25-26-28(44-29-27(25)45-32(40)34-29)31(39)35(30(26)38)20-11-13-21(14-12-20)36(41)42/h1-15,25-26,28H,16H2,(H,33,37)(H,34,40). The number of nitrogens with one attached hydrogen (secondary N) is 2. The van der Waals surface area contributed by atoms with E-state index in [0.717, 1.165) is 38.8 Å². The summed E-state index contributed by atoms with van der Waals surface area (Å²) in [5.74, 6) is -2.66. The van der Waals surface area contributed by atoms with Gasteiger partial charge in [0.2, 0.25) is 11.8 Å². The van der Waals surface area contributed by atoms with Gasteiger partial charge in [-0.15, -0.1) is 0 Å². The number of imide groups is 1. The molecule has 11 nitrogen and oxygen atoms in total. The fourth-order valence-corrected chi connectivity index (χ4v) is 8.31. The average Bonchev–Trinajstić information content (AvgIpc) is 3.54. The fourth-order valence-electron chi connectivity index (χ4n) is 5.81. The van der Waals surface area contributed by atoms with Crippen molar-refractivity contribution in [2.24, 2.45) is 5.92 Å². The lowest BCUT2D eigenvalue weighted by atomic mass is 9.82. The number of non-ortho nitro benzene ring substituents is 1. The smallest absolute Gasteiger partial charge is 0.305 e. The number of nitro benzene ring substituents is 1. The summed E-state index contributed by atoms with van der Waals surface area (Å²) in [5, 5.41) is 15.6. The second-order valence-electron chi connectivity index (χ2n) is 10.5. The van der Waals surface area contributed by atoms with E-state index >= 15 is 0 Å². The molecule has 224 valence electrons. The first kappa shape index (κ1) is 28.5. The molecule has 0 aliphatic carbocycles. The highest BCUT2D eigenvalue weighted by atomic mass is 32.2. The number of anilines is 2. The van der Waals surface area contributed by atoms with Crippen molar-refractivity contribution in [3.05, 3.63) is 121 Å². The number of nitrogens with zero attached hydrogens (tertiary/aromatic N) is 2. The van der Waals surface area contributed by atoms with Crippen LogP contribution < -0.4 is 19.8 Å². The number of hydrogen-bond acceptors (Lipinski definition) is 9. The predicted molar refractivity (Wildman–Crippen MR) is 170 cm³/mol. The monoisotopic (exact) mass is 638 g/mol. The van der Waals surface area contributed by atoms with Gasteiger partial charge < -0.3 is 15.0 Å². The highest BCUT2D eigenvalue weighted by Crippen LogP contribution is 2.54. The number of benzene rings is 4. The quantitative estimate of drug-likeness (QED) is 0.138. The van der Waals surface area contributed by atoms with Crippen molar-refractivity contribution in [2.45, 2.75) is 16.2 Å². The zero-order chi connectivity index (χ0) is 31.2. The number of para-hydroxylation sites is 1. The number of carbonyl (C=O) groups is 3. The third kappa shape index (κ3) is 5.15. The van der Waals surface area contributed by atoms with Crippen molar-refractivity contribution in [3.8, 4) is 5.75 Å². The van der Waals surface area contributed by atoms with Crippen molar-refractivity contribution in [1.29, 1.82) is 0 Å². The highest BCUT2D eigenvalue weighted by molar-refractivity contribution is 8.00. The summed E-state index contributed by atoms with van der Waals surface area (Å²) >= 11 is 2.08. The molecule has 7 rings (SSSR count). The van der Waals surface area contributed by atoms with Gasteiger partial charge in [-0.05, 0) is 41.1 Å². The van der Waals surface area contributed by atoms with Crippen molar-refractivity contribution < 1.29 is 24.0 Å². The number of carbonyl (C=O) groups excluding carboxylic acids is 3. The van der Waals surface area contributed by atoms with E-state index in [2.05, 4.69) is 10.3 Å². The molecule has 13 heteroatoms. The Labute approximate surface area is 263 Å². The van der Waals surface area contributed by atoms with Crippen LogP contribution in [0.25, 0.3) is 10.8 Å². The Morgan fingerprint density at radius 3 is 2.44 bits per heavy atom. The normalized spacial score (nSPS) is 18.8. The van der Waals surface area contributed by atoms with Crippen LogP contribution >= 0.6 is 23.1 Å². The van der Waals surface area contributed by atoms with Crippen molar-refractivity contribution in [3.63, 3.8) is 0 Å². The van der Waals surface area contributed by atoms with E-state index in [1.54, 1.807) is 24.3 Å². The fraction of sp³-hybridized carbons (Fsp3) is 0.125. The number of ether oxygens (including phenoxy) is 1. The molecule has 3 amide bonds. The lowest BCUT2D eigenvalue weighted by molar-refractivity contribution is -0.384. The van der Waals surface area contributed by atoms with Crippen LogP contribution in [0.4, 0.5) is 17.1 Å². The van der Waals surface area contributed by atoms with Gasteiger partial charge in [0.15, 0.2) is 6.61 Å². The number of hydrogen-bond donors (Lipinski definition) is 2. The molecular formula is C32H22N4O7S2. The molecule has 45 heavy (non-hydrogen) atoms. The molecule has 3 heterocycles. The predicted octanol–water partition coefficient (Wildman–Crippen LogP) is 5.31. The Kier molecular flexibility index (Phi) is 7.18. The van der Waals surface area contributed by atoms with Crippen LogP contribution in [0.1, 0.15) is 16.4 Å². The van der Waals surface area contributed by atoms with E-state index < -0.39 is 33.8 Å². The van der Waals surface area contributed by atoms with Gasteiger partial charge in [-0.25, -0.2) is 4.90 Å². The maximum absolute atomic E-state index is 14.0. The molecule has 4 aromatic carbocycles. The van der Waals surface area contributed by atoms with E-state index in [0.29, 0.717) is 26.9 Å². The summed E-state index contributed by atoms with van der Waals surface area (Å²) in [7, 11) is 0. The Morgan fingerprint density at radius 1 is 0.933 bits per heavy atom. The van der Waals surface area contributed by atoms with Crippen molar-refractivity contribution >= 4 is 68.7 Å². The van der Waals surface area contributed by atoms with E-state index in [-0.39, 0.29) is 28.8 Å². The Morgan fingerprint density at radius 2 is 1.67 bits per heavy atom. The van der Waals surface area contributed by atoms with Crippen LogP contribution in [0.3, 0.4) is 0 Å². The molecule has 1 aromatic heterocycles. The van der Waals surface area contributed by atoms with Crippen LogP contribution in [-0.2, 0) is 14.4 Å². The molecule has 0 saturated carbocycles. The largest absolute Gasteiger partial charge is 0.483 e. The summed E-state index contributed by atoms with van der Waals surface area (Å²) in [5.41, 5.74) is 1.22. The summed E-state index contributed by atoms with van der Waals surface area (Å²) in [6.07, 6.45) is 0. The molecule has 2 aliphatic heterocycles. The van der Waals surface area contributed by atoms with E-state index in [1.165, 1.54) is 24.3 Å². The Balaban J connectivity index is 1.18. The Bertz CT molecular complexity index is 2070. The van der Waals surface area contributed by atoms with E-state index in [4.69, 9.17) is 4.74 Å². The number of thioether (sulfide) groups is 1. The number of aromatic nitrogens is 1. The van der Waals surface area contributed by atoms with E-state index in [9.17, 15) is 29.3 Å².